The average Bonchev–Trinajstić information content (AvgIpc) is 2.34. The second-order valence-corrected chi connectivity index (χ2v) is 4.09. The first-order valence-electron chi connectivity index (χ1n) is 5.56. The molecule has 0 saturated heterocycles. The zero-order chi connectivity index (χ0) is 13.1. The molecule has 0 spiro atoms. The van der Waals surface area contributed by atoms with Crippen LogP contribution in [-0.4, -0.2) is 5.91 Å². The molecule has 18 heavy (non-hydrogen) atoms. The van der Waals surface area contributed by atoms with Gasteiger partial charge in [-0.1, -0.05) is 24.3 Å². The minimum Gasteiger partial charge on any atom is -0.319 e. The lowest BCUT2D eigenvalue weighted by Crippen LogP contribution is -2.14. The summed E-state index contributed by atoms with van der Waals surface area (Å²) in [7, 11) is 0. The van der Waals surface area contributed by atoms with Crippen LogP contribution in [-0.2, 0) is 0 Å². The van der Waals surface area contributed by atoms with Gasteiger partial charge in [0.2, 0.25) is 0 Å². The highest BCUT2D eigenvalue weighted by Gasteiger charge is 2.11. The van der Waals surface area contributed by atoms with Gasteiger partial charge in [0, 0.05) is 5.56 Å². The van der Waals surface area contributed by atoms with Gasteiger partial charge in [-0.05, 0) is 43.2 Å². The molecular weight excluding hydrogens is 229 g/mol. The second kappa shape index (κ2) is 5.00. The summed E-state index contributed by atoms with van der Waals surface area (Å²) in [5.74, 6) is -0.805. The molecule has 2 aromatic carbocycles. The summed E-state index contributed by atoms with van der Waals surface area (Å²) in [5, 5.41) is 2.55. The highest BCUT2D eigenvalue weighted by Crippen LogP contribution is 2.17. The van der Waals surface area contributed by atoms with Gasteiger partial charge in [0.1, 0.15) is 5.82 Å². The number of benzene rings is 2. The van der Waals surface area contributed by atoms with Crippen molar-refractivity contribution in [2.24, 2.45) is 0 Å². The van der Waals surface area contributed by atoms with Crippen LogP contribution in [0.15, 0.2) is 42.5 Å². The van der Waals surface area contributed by atoms with E-state index in [4.69, 9.17) is 0 Å². The summed E-state index contributed by atoms with van der Waals surface area (Å²) in [6, 6.07) is 11.5. The Kier molecular flexibility index (Phi) is 3.42. The van der Waals surface area contributed by atoms with Crippen LogP contribution >= 0.6 is 0 Å². The standard InChI is InChI=1S/C15H13FNO/c1-10-7-8-13(16)14(9-10)17-15(18)12-6-4-3-5-11(12)2/h3-9H,2H2,1H3,(H,17,18). The van der Waals surface area contributed by atoms with Crippen molar-refractivity contribution in [3.8, 4) is 0 Å². The predicted molar refractivity (Wildman–Crippen MR) is 70.0 cm³/mol. The smallest absolute Gasteiger partial charge is 0.256 e. The van der Waals surface area contributed by atoms with Gasteiger partial charge in [0.05, 0.1) is 5.69 Å². The first-order valence-corrected chi connectivity index (χ1v) is 5.56. The van der Waals surface area contributed by atoms with Crippen molar-refractivity contribution < 1.29 is 9.18 Å². The van der Waals surface area contributed by atoms with E-state index in [1.807, 2.05) is 6.92 Å². The number of aryl methyl sites for hydroxylation is 1. The topological polar surface area (TPSA) is 29.1 Å². The lowest BCUT2D eigenvalue weighted by molar-refractivity contribution is 0.102. The third kappa shape index (κ3) is 2.56. The fourth-order valence-corrected chi connectivity index (χ4v) is 1.67. The van der Waals surface area contributed by atoms with Gasteiger partial charge in [-0.15, -0.1) is 0 Å². The first-order chi connectivity index (χ1) is 8.58. The summed E-state index contributed by atoms with van der Waals surface area (Å²) >= 11 is 0. The minimum absolute atomic E-state index is 0.184. The molecule has 0 bridgehead atoms. The normalized spacial score (nSPS) is 10.2. The van der Waals surface area contributed by atoms with Gasteiger partial charge >= 0.3 is 0 Å². The molecule has 0 heterocycles. The molecule has 3 heteroatoms. The quantitative estimate of drug-likeness (QED) is 0.857. The minimum atomic E-state index is -0.449. The van der Waals surface area contributed by atoms with Crippen molar-refractivity contribution in [3.05, 3.63) is 71.9 Å². The molecule has 91 valence electrons. The van der Waals surface area contributed by atoms with Crippen molar-refractivity contribution in [1.29, 1.82) is 0 Å². The number of rotatable bonds is 2. The molecule has 1 amide bonds. The first kappa shape index (κ1) is 12.3. The Hall–Kier alpha value is -2.16. The van der Waals surface area contributed by atoms with Crippen LogP contribution in [0.1, 0.15) is 21.5 Å². The van der Waals surface area contributed by atoms with Crippen LogP contribution in [0.5, 0.6) is 0 Å². The molecule has 0 fully saturated rings. The van der Waals surface area contributed by atoms with Crippen molar-refractivity contribution in [3.63, 3.8) is 0 Å². The average molecular weight is 242 g/mol. The molecular formula is C15H13FNO. The van der Waals surface area contributed by atoms with E-state index < -0.39 is 5.82 Å². The maximum absolute atomic E-state index is 13.5. The van der Waals surface area contributed by atoms with E-state index in [1.54, 1.807) is 36.4 Å². The lowest BCUT2D eigenvalue weighted by atomic mass is 10.1. The Morgan fingerprint density at radius 3 is 2.67 bits per heavy atom. The molecule has 1 radical (unpaired) electrons. The third-order valence-electron chi connectivity index (χ3n) is 2.63. The number of carbonyl (C=O) groups excluding carboxylic acids is 1. The summed E-state index contributed by atoms with van der Waals surface area (Å²) in [6.45, 7) is 5.61. The number of hydrogen-bond acceptors (Lipinski definition) is 1. The van der Waals surface area contributed by atoms with E-state index in [9.17, 15) is 9.18 Å². The highest BCUT2D eigenvalue weighted by molar-refractivity contribution is 6.05. The Morgan fingerprint density at radius 1 is 1.22 bits per heavy atom. The predicted octanol–water partition coefficient (Wildman–Crippen LogP) is 3.57. The van der Waals surface area contributed by atoms with Gasteiger partial charge in [-0.25, -0.2) is 4.39 Å². The zero-order valence-corrected chi connectivity index (χ0v) is 10.0. The summed E-state index contributed by atoms with van der Waals surface area (Å²) in [4.78, 5) is 12.0. The fraction of sp³-hybridized carbons (Fsp3) is 0.0667. The van der Waals surface area contributed by atoms with Gasteiger partial charge in [-0.3, -0.25) is 4.79 Å². The number of hydrogen-bond donors (Lipinski definition) is 1. The zero-order valence-electron chi connectivity index (χ0n) is 10.0. The number of anilines is 1. The molecule has 2 aromatic rings. The number of halogens is 1. The van der Waals surface area contributed by atoms with E-state index in [2.05, 4.69) is 12.2 Å². The van der Waals surface area contributed by atoms with Crippen molar-refractivity contribution in [2.45, 2.75) is 6.92 Å². The molecule has 0 aliphatic carbocycles. The summed E-state index contributed by atoms with van der Waals surface area (Å²) in [5.41, 5.74) is 2.12. The maximum atomic E-state index is 13.5. The second-order valence-electron chi connectivity index (χ2n) is 4.09. The van der Waals surface area contributed by atoms with Gasteiger partial charge in [0.25, 0.3) is 5.91 Å². The monoisotopic (exact) mass is 242 g/mol. The van der Waals surface area contributed by atoms with E-state index in [-0.39, 0.29) is 11.6 Å². The van der Waals surface area contributed by atoms with E-state index in [0.717, 1.165) is 5.56 Å². The molecule has 0 aromatic heterocycles. The SMILES string of the molecule is [CH2]c1ccccc1C(=O)Nc1cc(C)ccc1F. The van der Waals surface area contributed by atoms with Crippen molar-refractivity contribution >= 4 is 11.6 Å². The largest absolute Gasteiger partial charge is 0.319 e. The van der Waals surface area contributed by atoms with Crippen LogP contribution in [0.2, 0.25) is 0 Å². The van der Waals surface area contributed by atoms with E-state index in [0.29, 0.717) is 11.1 Å². The van der Waals surface area contributed by atoms with Gasteiger partial charge < -0.3 is 5.32 Å². The van der Waals surface area contributed by atoms with Gasteiger partial charge in [-0.2, -0.15) is 0 Å². The van der Waals surface area contributed by atoms with Crippen LogP contribution < -0.4 is 5.32 Å². The summed E-state index contributed by atoms with van der Waals surface area (Å²) < 4.78 is 13.5. The van der Waals surface area contributed by atoms with Crippen molar-refractivity contribution in [2.75, 3.05) is 5.32 Å². The highest BCUT2D eigenvalue weighted by atomic mass is 19.1. The molecule has 2 nitrogen and oxygen atoms in total. The Balaban J connectivity index is 2.27. The van der Waals surface area contributed by atoms with Gasteiger partial charge in [0.15, 0.2) is 0 Å². The molecule has 0 saturated carbocycles. The van der Waals surface area contributed by atoms with Crippen LogP contribution in [0.3, 0.4) is 0 Å². The van der Waals surface area contributed by atoms with Crippen molar-refractivity contribution in [1.82, 2.24) is 0 Å². The lowest BCUT2D eigenvalue weighted by Gasteiger charge is -2.09. The molecule has 0 atom stereocenters. The Bertz CT molecular complexity index is 593. The maximum Gasteiger partial charge on any atom is 0.256 e. The molecule has 0 unspecified atom stereocenters. The number of amides is 1. The van der Waals surface area contributed by atoms with Crippen LogP contribution in [0, 0.1) is 19.7 Å². The third-order valence-corrected chi connectivity index (χ3v) is 2.63. The molecule has 0 aliphatic rings. The van der Waals surface area contributed by atoms with E-state index in [1.165, 1.54) is 6.07 Å². The van der Waals surface area contributed by atoms with Crippen LogP contribution in [0.25, 0.3) is 0 Å². The summed E-state index contributed by atoms with van der Waals surface area (Å²) in [6.07, 6.45) is 0. The number of carbonyl (C=O) groups is 1. The number of nitrogens with one attached hydrogen (secondary N) is 1. The van der Waals surface area contributed by atoms with E-state index >= 15 is 0 Å². The molecule has 0 aliphatic heterocycles. The Labute approximate surface area is 105 Å². The molecule has 1 N–H and O–H groups in total. The van der Waals surface area contributed by atoms with Crippen LogP contribution in [0.4, 0.5) is 10.1 Å². The fourth-order valence-electron chi connectivity index (χ4n) is 1.67. The molecule has 2 rings (SSSR count). The Morgan fingerprint density at radius 2 is 1.94 bits per heavy atom.